The van der Waals surface area contributed by atoms with Gasteiger partial charge in [-0.3, -0.25) is 33.5 Å². The van der Waals surface area contributed by atoms with Gasteiger partial charge in [0.15, 0.2) is 0 Å². The fraction of sp³-hybridized carbons (Fsp3) is 0.463. The van der Waals surface area contributed by atoms with Crippen LogP contribution in [0.1, 0.15) is 120 Å². The van der Waals surface area contributed by atoms with E-state index in [1.165, 1.54) is 77.7 Å². The Bertz CT molecular complexity index is 4850. The molecular weight excluding hydrogens is 1580 g/mol. The van der Waals surface area contributed by atoms with E-state index in [2.05, 4.69) is 47.3 Å². The first kappa shape index (κ1) is 92.7. The third kappa shape index (κ3) is 26.1. The van der Waals surface area contributed by atoms with E-state index in [9.17, 15) is 79.4 Å². The van der Waals surface area contributed by atoms with Gasteiger partial charge in [0.1, 0.15) is 30.7 Å². The number of anilines is 4. The van der Waals surface area contributed by atoms with Gasteiger partial charge in [-0.25, -0.2) is 37.4 Å². The number of carbonyl (C=O) groups is 11. The van der Waals surface area contributed by atoms with Crippen molar-refractivity contribution in [2.45, 2.75) is 146 Å². The summed E-state index contributed by atoms with van der Waals surface area (Å²) in [5, 5.41) is 40.7. The van der Waals surface area contributed by atoms with Gasteiger partial charge in [0, 0.05) is 71.7 Å². The highest BCUT2D eigenvalue weighted by molar-refractivity contribution is 7.92. The summed E-state index contributed by atoms with van der Waals surface area (Å²) >= 11 is 0. The number of sulfonamides is 1. The minimum absolute atomic E-state index is 0.0614. The number of pyridine rings is 2. The molecule has 644 valence electrons. The molecule has 119 heavy (non-hydrogen) atoms. The number of esters is 3. The summed E-state index contributed by atoms with van der Waals surface area (Å²) < 4.78 is 97.2. The van der Waals surface area contributed by atoms with Gasteiger partial charge in [-0.15, -0.1) is 0 Å². The van der Waals surface area contributed by atoms with Crippen molar-refractivity contribution < 1.29 is 117 Å². The number of nitrogens with zero attached hydrogens (tertiary/aromatic N) is 4. The van der Waals surface area contributed by atoms with E-state index in [4.69, 9.17) is 43.3 Å². The number of aryl methyl sites for hydroxylation is 1. The minimum Gasteiger partial charge on any atom is -0.542 e. The molecule has 3 aliphatic heterocycles. The van der Waals surface area contributed by atoms with Gasteiger partial charge in [-0.05, 0) is 116 Å². The summed E-state index contributed by atoms with van der Waals surface area (Å²) in [5.74, 6) is -9.57. The molecule has 39 heteroatoms. The third-order valence-electron chi connectivity index (χ3n) is 19.2. The van der Waals surface area contributed by atoms with Crippen LogP contribution in [0.5, 0.6) is 0 Å². The molecule has 0 aliphatic carbocycles. The van der Waals surface area contributed by atoms with Crippen LogP contribution >= 0.6 is 0 Å². The summed E-state index contributed by atoms with van der Waals surface area (Å²) in [6.45, 7) is 10.8. The molecule has 0 unspecified atom stereocenters. The number of alkyl halides is 3. The van der Waals surface area contributed by atoms with Crippen molar-refractivity contribution >= 4 is 109 Å². The number of carbonyl (C=O) groups excluding carboxylic acids is 10. The normalized spacial score (nSPS) is 15.5. The molecule has 0 spiro atoms. The van der Waals surface area contributed by atoms with Gasteiger partial charge in [-0.2, -0.15) is 13.2 Å². The highest BCUT2D eigenvalue weighted by atomic mass is 32.2. The second kappa shape index (κ2) is 42.5. The summed E-state index contributed by atoms with van der Waals surface area (Å²) in [6, 6.07) is 20.1. The van der Waals surface area contributed by atoms with Crippen molar-refractivity contribution in [2.24, 2.45) is 5.92 Å². The van der Waals surface area contributed by atoms with E-state index < -0.39 is 136 Å². The zero-order valence-corrected chi connectivity index (χ0v) is 67.9. The molecular formula is C80H100F3N13O22S. The molecule has 35 nitrogen and oxygen atoms in total. The molecule has 4 aromatic carbocycles. The van der Waals surface area contributed by atoms with Gasteiger partial charge >= 0.3 is 48.1 Å². The Morgan fingerprint density at radius 2 is 1.36 bits per heavy atom. The molecule has 0 bridgehead atoms. The maximum atomic E-state index is 14.6. The quantitative estimate of drug-likeness (QED) is 0.00904. The average Bonchev–Trinajstić information content (AvgIpc) is 1.61. The number of carboxylic acid groups (broad SMARTS) is 2. The molecule has 1 fully saturated rings. The third-order valence-corrected chi connectivity index (χ3v) is 20.5. The predicted molar refractivity (Wildman–Crippen MR) is 424 cm³/mol. The Labute approximate surface area is 684 Å². The monoisotopic (exact) mass is 1680 g/mol. The molecule has 5 heterocycles. The number of para-hydroxylation sites is 1. The Morgan fingerprint density at radius 3 is 2.00 bits per heavy atom. The Balaban J connectivity index is 0.00000241. The maximum absolute atomic E-state index is 14.6. The van der Waals surface area contributed by atoms with E-state index >= 15 is 0 Å². The first-order valence-electron chi connectivity index (χ1n) is 38.6. The number of fused-ring (bicyclic) bond motifs is 5. The highest BCUT2D eigenvalue weighted by Crippen LogP contribution is 2.43. The van der Waals surface area contributed by atoms with Crippen molar-refractivity contribution in [1.82, 2.24) is 41.0 Å². The number of likely N-dealkylation sites (tertiary alicyclic amines) is 1. The zero-order chi connectivity index (χ0) is 86.9. The molecule has 5 atom stereocenters. The Kier molecular flexibility index (Phi) is 33.1. The fourth-order valence-corrected chi connectivity index (χ4v) is 14.4. The standard InChI is InChI=1S/C78H99N13O20S.C2HF3O2/c1-9-30-79-75(101)83-52-19-15-21-54(42-52)112(104,105)88-53-20-14-18-49(41-53)61(44-66(93)94)86-77(103)82-51-27-25-50(26-28-51)81-76(102)80-31-36-107-38-40-108-39-37-106-35-29-65(92)84-62(45-67(95)109-34-17-33-91(6,7)8)72(98)89-32-16-24-63(89)70(96)87-68(48(4)5)73(99)111-78(11-3)59-43-64-69-57(46-90(64)71(97)58(59)47-110-74(78)100)55(10-2)56-22-12-13-23-60(56)85-69;3-2(4,5)1(6)7/h12-15,18-23,25-28,41-43,48,61-63,68,88H,9-11,16-17,24,29-40,44-47H2,1-8H3,(H8-,79,80,81,82,83,84,85,86,87,92,93,94,96,97,101,102,103);(H,6,7)/t61-,62+,63+,68+,78+;/m1./s1. The molecule has 9 amide bonds. The van der Waals surface area contributed by atoms with Crippen molar-refractivity contribution in [1.29, 1.82) is 0 Å². The van der Waals surface area contributed by atoms with Crippen molar-refractivity contribution in [3.63, 3.8) is 0 Å². The van der Waals surface area contributed by atoms with Crippen LogP contribution in [-0.4, -0.2) is 216 Å². The molecule has 2 aromatic heterocycles. The number of benzene rings is 4. The molecule has 3 aliphatic rings. The molecule has 1 saturated heterocycles. The topological polar surface area (TPSA) is 467 Å². The number of quaternary nitrogens is 1. The number of hydrogen-bond acceptors (Lipinski definition) is 22. The number of amides is 9. The number of rotatable bonds is 39. The number of ether oxygens (including phenoxy) is 6. The molecule has 10 N–H and O–H groups in total. The Hall–Kier alpha value is -11.8. The second-order valence-corrected chi connectivity index (χ2v) is 31.0. The van der Waals surface area contributed by atoms with Crippen LogP contribution in [0.25, 0.3) is 22.3 Å². The number of aliphatic carboxylic acids is 2. The summed E-state index contributed by atoms with van der Waals surface area (Å²) in [7, 11) is 1.78. The van der Waals surface area contributed by atoms with Crippen LogP contribution in [-0.2, 0) is 102 Å². The summed E-state index contributed by atoms with van der Waals surface area (Å²) in [4.78, 5) is 164. The lowest BCUT2D eigenvalue weighted by molar-refractivity contribution is -0.870. The number of urea groups is 3. The van der Waals surface area contributed by atoms with Crippen molar-refractivity contribution in [3.05, 3.63) is 141 Å². The van der Waals surface area contributed by atoms with E-state index in [0.29, 0.717) is 66.0 Å². The lowest BCUT2D eigenvalue weighted by Crippen LogP contribution is -2.57. The van der Waals surface area contributed by atoms with Crippen molar-refractivity contribution in [2.75, 3.05) is 114 Å². The molecule has 0 saturated carbocycles. The van der Waals surface area contributed by atoms with Gasteiger partial charge in [0.25, 0.3) is 15.6 Å². The lowest BCUT2D eigenvalue weighted by Gasteiger charge is -2.37. The van der Waals surface area contributed by atoms with Crippen LogP contribution in [0.2, 0.25) is 0 Å². The van der Waals surface area contributed by atoms with Crippen LogP contribution in [0.3, 0.4) is 0 Å². The number of cyclic esters (lactones) is 1. The van der Waals surface area contributed by atoms with Gasteiger partial charge in [-0.1, -0.05) is 71.0 Å². The average molecular weight is 1680 g/mol. The maximum Gasteiger partial charge on any atom is 0.430 e. The van der Waals surface area contributed by atoms with Crippen LogP contribution in [0.4, 0.5) is 50.3 Å². The fourth-order valence-electron chi connectivity index (χ4n) is 13.3. The number of carboxylic acids is 2. The number of nitrogens with one attached hydrogen (secondary N) is 9. The highest BCUT2D eigenvalue weighted by Gasteiger charge is 2.52. The second-order valence-electron chi connectivity index (χ2n) is 29.3. The van der Waals surface area contributed by atoms with Crippen LogP contribution in [0, 0.1) is 5.92 Å². The van der Waals surface area contributed by atoms with Gasteiger partial charge in [0.05, 0.1) is 127 Å². The molecule has 0 radical (unpaired) electrons. The van der Waals surface area contributed by atoms with E-state index in [1.54, 1.807) is 31.4 Å². The number of halogens is 3. The number of aromatic nitrogens is 2. The van der Waals surface area contributed by atoms with Gasteiger partial charge < -0.3 is 99.9 Å². The lowest BCUT2D eigenvalue weighted by atomic mass is 9.85. The largest absolute Gasteiger partial charge is 0.542 e. The summed E-state index contributed by atoms with van der Waals surface area (Å²) in [5.41, 5.74) is 2.79. The van der Waals surface area contributed by atoms with Crippen LogP contribution < -0.4 is 57.9 Å². The van der Waals surface area contributed by atoms with E-state index in [1.807, 2.05) is 59.3 Å². The van der Waals surface area contributed by atoms with Gasteiger partial charge in [0.2, 0.25) is 23.3 Å². The smallest absolute Gasteiger partial charge is 0.430 e. The predicted octanol–water partition coefficient (Wildman–Crippen LogP) is 6.07. The first-order chi connectivity index (χ1) is 56.4. The SMILES string of the molecule is CCCNC(=O)Nc1cccc(S(=O)(=O)Nc2cccc([C@@H](CC(=O)O)NC(=O)Nc3ccc(NC(=O)NCCOCCOCCOCCC(=O)N[C@@H](CC(=O)OCCC[N+](C)(C)C)C(=O)N4CCC[C@H]4C(=O)N[C@H](C(=O)O[C@]4(CC)C(=O)OCc5c4cc4n(c5=O)Cc5c-4nc4ccccc4c5CC)C(C)C)cc3)c2)c1.O=C([O-])C(F)(F)F. The van der Waals surface area contributed by atoms with Crippen LogP contribution in [0.15, 0.2) is 113 Å². The van der Waals surface area contributed by atoms with Crippen molar-refractivity contribution in [3.8, 4) is 11.4 Å². The zero-order valence-electron chi connectivity index (χ0n) is 67.1. The van der Waals surface area contributed by atoms with E-state index in [0.717, 1.165) is 22.0 Å². The molecule has 9 rings (SSSR count). The molecule has 6 aromatic rings. The summed E-state index contributed by atoms with van der Waals surface area (Å²) in [6.07, 6.45) is -4.20. The Morgan fingerprint density at radius 1 is 0.731 bits per heavy atom. The minimum atomic E-state index is -5.19. The van der Waals surface area contributed by atoms with E-state index in [-0.39, 0.29) is 125 Å². The first-order valence-corrected chi connectivity index (χ1v) is 40.1. The number of hydrogen-bond donors (Lipinski definition) is 10.